The second kappa shape index (κ2) is 4.61. The summed E-state index contributed by atoms with van der Waals surface area (Å²) in [5.74, 6) is 7.25. The average Bonchev–Trinajstić information content (AvgIpc) is 2.02. The molecule has 0 saturated heterocycles. The van der Waals surface area contributed by atoms with Crippen LogP contribution in [0.2, 0.25) is 0 Å². The highest BCUT2D eigenvalue weighted by Crippen LogP contribution is 1.90. The van der Waals surface area contributed by atoms with Crippen molar-refractivity contribution in [3.8, 4) is 0 Å². The molecule has 0 spiro atoms. The SMILES string of the molecule is NOC(=O)CC(N)C(=O)ON. The van der Waals surface area contributed by atoms with E-state index in [2.05, 4.69) is 21.5 Å². The number of hydrogen-bond donors (Lipinski definition) is 3. The van der Waals surface area contributed by atoms with Gasteiger partial charge in [0.05, 0.1) is 6.42 Å². The lowest BCUT2D eigenvalue weighted by molar-refractivity contribution is -0.152. The third-order valence-corrected chi connectivity index (χ3v) is 0.937. The lowest BCUT2D eigenvalue weighted by Gasteiger charge is -2.04. The minimum Gasteiger partial charge on any atom is -0.373 e. The number of nitrogens with two attached hydrogens (primary N) is 3. The zero-order chi connectivity index (χ0) is 8.85. The van der Waals surface area contributed by atoms with E-state index in [4.69, 9.17) is 5.73 Å². The zero-order valence-corrected chi connectivity index (χ0v) is 5.65. The van der Waals surface area contributed by atoms with Gasteiger partial charge in [0.1, 0.15) is 6.04 Å². The minimum absolute atomic E-state index is 0.355. The Morgan fingerprint density at radius 1 is 1.27 bits per heavy atom. The van der Waals surface area contributed by atoms with Crippen molar-refractivity contribution in [3.05, 3.63) is 0 Å². The second-order valence-electron chi connectivity index (χ2n) is 1.74. The molecule has 11 heavy (non-hydrogen) atoms. The summed E-state index contributed by atoms with van der Waals surface area (Å²) in [6.07, 6.45) is -0.355. The smallest absolute Gasteiger partial charge is 0.341 e. The largest absolute Gasteiger partial charge is 0.373 e. The molecule has 0 aliphatic rings. The predicted molar refractivity (Wildman–Crippen MR) is 33.2 cm³/mol. The molecule has 0 aromatic rings. The van der Waals surface area contributed by atoms with E-state index < -0.39 is 18.0 Å². The van der Waals surface area contributed by atoms with Gasteiger partial charge in [-0.2, -0.15) is 11.8 Å². The van der Waals surface area contributed by atoms with Gasteiger partial charge in [0.2, 0.25) is 0 Å². The van der Waals surface area contributed by atoms with Crippen LogP contribution in [0.4, 0.5) is 0 Å². The Kier molecular flexibility index (Phi) is 4.11. The van der Waals surface area contributed by atoms with E-state index in [1.165, 1.54) is 0 Å². The molecule has 7 nitrogen and oxygen atoms in total. The molecule has 1 unspecified atom stereocenters. The van der Waals surface area contributed by atoms with Crippen molar-refractivity contribution in [2.24, 2.45) is 17.5 Å². The maximum absolute atomic E-state index is 10.4. The van der Waals surface area contributed by atoms with E-state index in [9.17, 15) is 9.59 Å². The number of hydrogen-bond acceptors (Lipinski definition) is 7. The predicted octanol–water partition coefficient (Wildman–Crippen LogP) is -2.46. The molecule has 0 rings (SSSR count). The number of rotatable bonds is 3. The first-order valence-corrected chi connectivity index (χ1v) is 2.67. The Morgan fingerprint density at radius 3 is 2.18 bits per heavy atom. The van der Waals surface area contributed by atoms with Gasteiger partial charge in [-0.25, -0.2) is 4.79 Å². The van der Waals surface area contributed by atoms with Crippen LogP contribution in [0.3, 0.4) is 0 Å². The standard InChI is InChI=1S/C4H9N3O4/c5-2(4(9)11-7)1-3(8)10-6/h2H,1,5-7H2. The first kappa shape index (κ1) is 9.82. The molecule has 0 saturated carbocycles. The second-order valence-corrected chi connectivity index (χ2v) is 1.74. The summed E-state index contributed by atoms with van der Waals surface area (Å²) in [6.45, 7) is 0. The molecule has 1 atom stereocenters. The Labute approximate surface area is 62.3 Å². The molecule has 0 fully saturated rings. The normalized spacial score (nSPS) is 11.9. The summed E-state index contributed by atoms with van der Waals surface area (Å²) in [5, 5.41) is 0. The first-order valence-electron chi connectivity index (χ1n) is 2.67. The van der Waals surface area contributed by atoms with Gasteiger partial charge in [-0.15, -0.1) is 0 Å². The third kappa shape index (κ3) is 3.50. The molecule has 6 N–H and O–H groups in total. The van der Waals surface area contributed by atoms with Crippen LogP contribution in [0.1, 0.15) is 6.42 Å². The van der Waals surface area contributed by atoms with E-state index in [1.807, 2.05) is 0 Å². The van der Waals surface area contributed by atoms with Crippen molar-refractivity contribution in [1.29, 1.82) is 0 Å². The summed E-state index contributed by atoms with van der Waals surface area (Å²) >= 11 is 0. The highest BCUT2D eigenvalue weighted by atomic mass is 16.7. The summed E-state index contributed by atoms with van der Waals surface area (Å²) < 4.78 is 0. The molecule has 0 aliphatic heterocycles. The summed E-state index contributed by atoms with van der Waals surface area (Å²) in [7, 11) is 0. The van der Waals surface area contributed by atoms with Crippen LogP contribution < -0.4 is 17.5 Å². The monoisotopic (exact) mass is 163 g/mol. The molecule has 0 radical (unpaired) electrons. The van der Waals surface area contributed by atoms with Crippen molar-refractivity contribution in [2.45, 2.75) is 12.5 Å². The minimum atomic E-state index is -1.13. The van der Waals surface area contributed by atoms with Crippen LogP contribution in [0.5, 0.6) is 0 Å². The highest BCUT2D eigenvalue weighted by molar-refractivity contribution is 5.82. The van der Waals surface area contributed by atoms with Gasteiger partial charge in [0.25, 0.3) is 0 Å². The van der Waals surface area contributed by atoms with E-state index in [1.54, 1.807) is 0 Å². The van der Waals surface area contributed by atoms with Gasteiger partial charge in [0.15, 0.2) is 0 Å². The molecule has 0 aliphatic carbocycles. The van der Waals surface area contributed by atoms with Crippen molar-refractivity contribution in [1.82, 2.24) is 0 Å². The summed E-state index contributed by atoms with van der Waals surface area (Å²) in [5.41, 5.74) is 5.09. The van der Waals surface area contributed by atoms with Crippen LogP contribution in [0, 0.1) is 0 Å². The Morgan fingerprint density at radius 2 is 1.82 bits per heavy atom. The molecule has 0 aromatic heterocycles. The molecular weight excluding hydrogens is 154 g/mol. The van der Waals surface area contributed by atoms with E-state index >= 15 is 0 Å². The van der Waals surface area contributed by atoms with Gasteiger partial charge in [-0.3, -0.25) is 4.79 Å². The van der Waals surface area contributed by atoms with Gasteiger partial charge in [-0.1, -0.05) is 0 Å². The fraction of sp³-hybridized carbons (Fsp3) is 0.500. The molecule has 0 aromatic carbocycles. The molecule has 0 bridgehead atoms. The zero-order valence-electron chi connectivity index (χ0n) is 5.65. The third-order valence-electron chi connectivity index (χ3n) is 0.937. The number of carbonyl (C=O) groups is 2. The van der Waals surface area contributed by atoms with Crippen molar-refractivity contribution >= 4 is 11.9 Å². The van der Waals surface area contributed by atoms with E-state index in [0.717, 1.165) is 0 Å². The summed E-state index contributed by atoms with van der Waals surface area (Å²) in [4.78, 5) is 28.3. The molecule has 0 heterocycles. The lowest BCUT2D eigenvalue weighted by atomic mass is 10.2. The van der Waals surface area contributed by atoms with E-state index in [0.29, 0.717) is 0 Å². The first-order chi connectivity index (χ1) is 5.11. The van der Waals surface area contributed by atoms with Crippen LogP contribution in [-0.2, 0) is 19.3 Å². The van der Waals surface area contributed by atoms with Crippen LogP contribution in [-0.4, -0.2) is 18.0 Å². The van der Waals surface area contributed by atoms with Crippen molar-refractivity contribution < 1.29 is 19.3 Å². The topological polar surface area (TPSA) is 131 Å². The quantitative estimate of drug-likeness (QED) is 0.393. The van der Waals surface area contributed by atoms with Crippen LogP contribution >= 0.6 is 0 Å². The van der Waals surface area contributed by atoms with Crippen LogP contribution in [0.25, 0.3) is 0 Å². The molecule has 7 heteroatoms. The maximum atomic E-state index is 10.4. The fourth-order valence-electron chi connectivity index (χ4n) is 0.398. The van der Waals surface area contributed by atoms with Gasteiger partial charge >= 0.3 is 11.9 Å². The van der Waals surface area contributed by atoms with Gasteiger partial charge in [0, 0.05) is 0 Å². The fourth-order valence-corrected chi connectivity index (χ4v) is 0.398. The van der Waals surface area contributed by atoms with Gasteiger partial charge < -0.3 is 15.4 Å². The Bertz CT molecular complexity index is 159. The lowest BCUT2D eigenvalue weighted by Crippen LogP contribution is -2.36. The maximum Gasteiger partial charge on any atom is 0.341 e. The van der Waals surface area contributed by atoms with Crippen molar-refractivity contribution in [3.63, 3.8) is 0 Å². The van der Waals surface area contributed by atoms with E-state index in [-0.39, 0.29) is 6.42 Å². The summed E-state index contributed by atoms with van der Waals surface area (Å²) in [6, 6.07) is -1.13. The Hall–Kier alpha value is -1.18. The Balaban J connectivity index is 3.77. The highest BCUT2D eigenvalue weighted by Gasteiger charge is 2.18. The van der Waals surface area contributed by atoms with Gasteiger partial charge in [-0.05, 0) is 0 Å². The molecule has 0 amide bonds. The average molecular weight is 163 g/mol. The molecule has 64 valence electrons. The number of carbonyl (C=O) groups excluding carboxylic acids is 2. The van der Waals surface area contributed by atoms with Crippen molar-refractivity contribution in [2.75, 3.05) is 0 Å². The van der Waals surface area contributed by atoms with Crippen LogP contribution in [0.15, 0.2) is 0 Å². The molecular formula is C4H9N3O4.